The molecule has 1 N–H and O–H groups in total. The molecule has 2 saturated heterocycles. The van der Waals surface area contributed by atoms with Crippen molar-refractivity contribution in [1.82, 2.24) is 4.90 Å². The monoisotopic (exact) mass is 312 g/mol. The molecule has 0 saturated carbocycles. The molecule has 2 fully saturated rings. The Morgan fingerprint density at radius 3 is 2.94 bits per heavy atom. The van der Waals surface area contributed by atoms with Gasteiger partial charge in [0.05, 0.1) is 4.47 Å². The summed E-state index contributed by atoms with van der Waals surface area (Å²) in [6.07, 6.45) is 5.10. The molecule has 1 aromatic carbocycles. The number of piperidine rings is 1. The number of rotatable bonds is 2. The maximum absolute atomic E-state index is 13.5. The highest BCUT2D eigenvalue weighted by Gasteiger charge is 2.35. The summed E-state index contributed by atoms with van der Waals surface area (Å²) in [5.74, 6) is -0.196. The van der Waals surface area contributed by atoms with Gasteiger partial charge in [-0.25, -0.2) is 4.39 Å². The summed E-state index contributed by atoms with van der Waals surface area (Å²) < 4.78 is 14.0. The molecule has 0 aliphatic carbocycles. The van der Waals surface area contributed by atoms with E-state index in [1.807, 2.05) is 6.07 Å². The summed E-state index contributed by atoms with van der Waals surface area (Å²) in [5.41, 5.74) is 0.896. The van der Waals surface area contributed by atoms with Crippen LogP contribution in [0.3, 0.4) is 0 Å². The standard InChI is InChI=1S/C14H18BrFN2/c15-11-5-4-10(9-12(11)16)17-13-6-8-18-7-2-1-3-14(13)18/h4-5,9,13-14,17H,1-3,6-8H2. The van der Waals surface area contributed by atoms with Gasteiger partial charge < -0.3 is 5.32 Å². The number of anilines is 1. The summed E-state index contributed by atoms with van der Waals surface area (Å²) in [6.45, 7) is 2.42. The van der Waals surface area contributed by atoms with Crippen molar-refractivity contribution in [2.75, 3.05) is 18.4 Å². The second-order valence-corrected chi connectivity index (χ2v) is 6.12. The predicted molar refractivity (Wildman–Crippen MR) is 75.3 cm³/mol. The first-order chi connectivity index (χ1) is 8.74. The number of hydrogen-bond acceptors (Lipinski definition) is 2. The van der Waals surface area contributed by atoms with Gasteiger partial charge in [-0.3, -0.25) is 4.90 Å². The van der Waals surface area contributed by atoms with E-state index in [2.05, 4.69) is 26.1 Å². The molecule has 0 bridgehead atoms. The number of hydrogen-bond donors (Lipinski definition) is 1. The van der Waals surface area contributed by atoms with Crippen LogP contribution in [0.1, 0.15) is 25.7 Å². The van der Waals surface area contributed by atoms with Gasteiger partial charge in [0.15, 0.2) is 0 Å². The molecule has 2 atom stereocenters. The van der Waals surface area contributed by atoms with Gasteiger partial charge in [-0.1, -0.05) is 6.42 Å². The molecule has 2 aliphatic heterocycles. The molecule has 2 unspecified atom stereocenters. The Morgan fingerprint density at radius 2 is 2.11 bits per heavy atom. The third kappa shape index (κ3) is 2.41. The third-order valence-corrected chi connectivity index (χ3v) is 4.77. The summed E-state index contributed by atoms with van der Waals surface area (Å²) in [6, 6.07) is 6.41. The fourth-order valence-corrected chi connectivity index (χ4v) is 3.46. The van der Waals surface area contributed by atoms with Gasteiger partial charge in [0.25, 0.3) is 0 Å². The zero-order valence-electron chi connectivity index (χ0n) is 10.3. The molecular formula is C14H18BrFN2. The van der Waals surface area contributed by atoms with Crippen molar-refractivity contribution in [3.05, 3.63) is 28.5 Å². The molecular weight excluding hydrogens is 295 g/mol. The molecule has 18 heavy (non-hydrogen) atoms. The van der Waals surface area contributed by atoms with Crippen LogP contribution in [-0.4, -0.2) is 30.1 Å². The Kier molecular flexibility index (Phi) is 3.57. The van der Waals surface area contributed by atoms with E-state index in [1.54, 1.807) is 12.1 Å². The highest BCUT2D eigenvalue weighted by atomic mass is 79.9. The quantitative estimate of drug-likeness (QED) is 0.897. The number of benzene rings is 1. The van der Waals surface area contributed by atoms with Gasteiger partial charge in [0.2, 0.25) is 0 Å². The van der Waals surface area contributed by atoms with E-state index in [9.17, 15) is 4.39 Å². The summed E-state index contributed by atoms with van der Waals surface area (Å²) in [7, 11) is 0. The van der Waals surface area contributed by atoms with Crippen molar-refractivity contribution in [2.45, 2.75) is 37.8 Å². The van der Waals surface area contributed by atoms with Gasteiger partial charge in [0, 0.05) is 24.3 Å². The fourth-order valence-electron chi connectivity index (χ4n) is 3.22. The van der Waals surface area contributed by atoms with E-state index >= 15 is 0 Å². The van der Waals surface area contributed by atoms with Crippen molar-refractivity contribution in [2.24, 2.45) is 0 Å². The van der Waals surface area contributed by atoms with E-state index in [-0.39, 0.29) is 5.82 Å². The Labute approximate surface area is 116 Å². The van der Waals surface area contributed by atoms with Gasteiger partial charge in [-0.15, -0.1) is 0 Å². The highest BCUT2D eigenvalue weighted by Crippen LogP contribution is 2.30. The van der Waals surface area contributed by atoms with Crippen LogP contribution in [-0.2, 0) is 0 Å². The highest BCUT2D eigenvalue weighted by molar-refractivity contribution is 9.10. The molecule has 98 valence electrons. The van der Waals surface area contributed by atoms with Crippen LogP contribution < -0.4 is 5.32 Å². The number of fused-ring (bicyclic) bond motifs is 1. The molecule has 1 aromatic rings. The maximum atomic E-state index is 13.5. The summed E-state index contributed by atoms with van der Waals surface area (Å²) in [4.78, 5) is 2.58. The van der Waals surface area contributed by atoms with Gasteiger partial charge in [-0.2, -0.15) is 0 Å². The largest absolute Gasteiger partial charge is 0.381 e. The molecule has 0 amide bonds. The van der Waals surface area contributed by atoms with Crippen LogP contribution in [0.25, 0.3) is 0 Å². The molecule has 2 heterocycles. The minimum atomic E-state index is -0.196. The second kappa shape index (κ2) is 5.17. The molecule has 2 nitrogen and oxygen atoms in total. The zero-order valence-corrected chi connectivity index (χ0v) is 11.9. The normalized spacial score (nSPS) is 28.1. The minimum Gasteiger partial charge on any atom is -0.381 e. The molecule has 0 aromatic heterocycles. The Balaban J connectivity index is 1.70. The van der Waals surface area contributed by atoms with Crippen molar-refractivity contribution in [3.63, 3.8) is 0 Å². The average molecular weight is 313 g/mol. The summed E-state index contributed by atoms with van der Waals surface area (Å²) in [5, 5.41) is 3.51. The van der Waals surface area contributed by atoms with E-state index in [4.69, 9.17) is 0 Å². The Hall–Kier alpha value is -0.610. The lowest BCUT2D eigenvalue weighted by Gasteiger charge is -2.33. The lowest BCUT2D eigenvalue weighted by atomic mass is 9.99. The Morgan fingerprint density at radius 1 is 1.22 bits per heavy atom. The van der Waals surface area contributed by atoms with Crippen LogP contribution in [0.15, 0.2) is 22.7 Å². The molecule has 0 radical (unpaired) electrons. The molecule has 4 heteroatoms. The first-order valence-corrected chi connectivity index (χ1v) is 7.49. The van der Waals surface area contributed by atoms with Crippen LogP contribution >= 0.6 is 15.9 Å². The second-order valence-electron chi connectivity index (χ2n) is 5.27. The maximum Gasteiger partial charge on any atom is 0.139 e. The third-order valence-electron chi connectivity index (χ3n) is 4.13. The Bertz CT molecular complexity index is 438. The van der Waals surface area contributed by atoms with Gasteiger partial charge in [-0.05, 0) is 59.9 Å². The molecule has 2 aliphatic rings. The van der Waals surface area contributed by atoms with E-state index in [1.165, 1.54) is 38.8 Å². The molecule has 3 rings (SSSR count). The first kappa shape index (κ1) is 12.4. The topological polar surface area (TPSA) is 15.3 Å². The van der Waals surface area contributed by atoms with Crippen LogP contribution in [0.2, 0.25) is 0 Å². The van der Waals surface area contributed by atoms with Crippen LogP contribution in [0, 0.1) is 5.82 Å². The van der Waals surface area contributed by atoms with Crippen molar-refractivity contribution in [3.8, 4) is 0 Å². The van der Waals surface area contributed by atoms with E-state index in [0.717, 1.165) is 5.69 Å². The fraction of sp³-hybridized carbons (Fsp3) is 0.571. The van der Waals surface area contributed by atoms with Crippen molar-refractivity contribution < 1.29 is 4.39 Å². The number of nitrogens with one attached hydrogen (secondary N) is 1. The SMILES string of the molecule is Fc1cc(NC2CCN3CCCCC23)ccc1Br. The van der Waals surface area contributed by atoms with E-state index < -0.39 is 0 Å². The first-order valence-electron chi connectivity index (χ1n) is 6.70. The zero-order chi connectivity index (χ0) is 12.5. The lowest BCUT2D eigenvalue weighted by Crippen LogP contribution is -2.41. The van der Waals surface area contributed by atoms with E-state index in [0.29, 0.717) is 16.6 Å². The smallest absolute Gasteiger partial charge is 0.139 e. The minimum absolute atomic E-state index is 0.196. The lowest BCUT2D eigenvalue weighted by molar-refractivity contribution is 0.193. The van der Waals surface area contributed by atoms with Gasteiger partial charge in [0.1, 0.15) is 5.82 Å². The van der Waals surface area contributed by atoms with Gasteiger partial charge >= 0.3 is 0 Å². The molecule has 0 spiro atoms. The number of halogens is 2. The van der Waals surface area contributed by atoms with Crippen LogP contribution in [0.4, 0.5) is 10.1 Å². The average Bonchev–Trinajstić information content (AvgIpc) is 2.78. The van der Waals surface area contributed by atoms with Crippen molar-refractivity contribution >= 4 is 21.6 Å². The number of nitrogens with zero attached hydrogens (tertiary/aromatic N) is 1. The predicted octanol–water partition coefficient (Wildman–Crippen LogP) is 3.63. The van der Waals surface area contributed by atoms with Crippen molar-refractivity contribution in [1.29, 1.82) is 0 Å². The van der Waals surface area contributed by atoms with Crippen LogP contribution in [0.5, 0.6) is 0 Å². The summed E-state index contributed by atoms with van der Waals surface area (Å²) >= 11 is 3.19.